The van der Waals surface area contributed by atoms with Crippen LogP contribution < -0.4 is 10.1 Å². The Morgan fingerprint density at radius 1 is 1.17 bits per heavy atom. The molecular formula is C16H25NO. The van der Waals surface area contributed by atoms with E-state index in [-0.39, 0.29) is 0 Å². The zero-order valence-corrected chi connectivity index (χ0v) is 11.6. The Morgan fingerprint density at radius 3 is 2.78 bits per heavy atom. The summed E-state index contributed by atoms with van der Waals surface area (Å²) in [4.78, 5) is 0. The third-order valence-corrected chi connectivity index (χ3v) is 2.77. The summed E-state index contributed by atoms with van der Waals surface area (Å²) < 4.78 is 5.82. The van der Waals surface area contributed by atoms with Gasteiger partial charge in [-0.05, 0) is 45.3 Å². The summed E-state index contributed by atoms with van der Waals surface area (Å²) in [7, 11) is 0. The quantitative estimate of drug-likeness (QED) is 0.669. The van der Waals surface area contributed by atoms with Gasteiger partial charge in [0.1, 0.15) is 5.75 Å². The zero-order chi connectivity index (χ0) is 13.1. The third-order valence-electron chi connectivity index (χ3n) is 2.77. The molecule has 2 heteroatoms. The van der Waals surface area contributed by atoms with E-state index in [1.54, 1.807) is 0 Å². The van der Waals surface area contributed by atoms with Crippen LogP contribution in [0.5, 0.6) is 5.75 Å². The lowest BCUT2D eigenvalue weighted by molar-refractivity contribution is 0.304. The van der Waals surface area contributed by atoms with Gasteiger partial charge in [-0.25, -0.2) is 0 Å². The van der Waals surface area contributed by atoms with E-state index < -0.39 is 0 Å². The Bertz CT molecular complexity index is 347. The molecule has 0 unspecified atom stereocenters. The van der Waals surface area contributed by atoms with Gasteiger partial charge in [-0.1, -0.05) is 37.3 Å². The molecule has 0 aromatic heterocycles. The van der Waals surface area contributed by atoms with Gasteiger partial charge in [0.2, 0.25) is 0 Å². The molecule has 0 aliphatic rings. The van der Waals surface area contributed by atoms with E-state index in [0.717, 1.165) is 37.4 Å². The van der Waals surface area contributed by atoms with E-state index in [1.807, 2.05) is 31.2 Å². The van der Waals surface area contributed by atoms with Crippen molar-refractivity contribution < 1.29 is 4.74 Å². The molecule has 1 aromatic carbocycles. The number of hydrogen-bond acceptors (Lipinski definition) is 2. The molecule has 0 radical (unpaired) electrons. The number of unbranched alkanes of at least 4 members (excludes halogenated alkanes) is 2. The lowest BCUT2D eigenvalue weighted by Crippen LogP contribution is -2.14. The first-order chi connectivity index (χ1) is 8.88. The zero-order valence-electron chi connectivity index (χ0n) is 11.6. The van der Waals surface area contributed by atoms with Gasteiger partial charge in [0.25, 0.3) is 0 Å². The van der Waals surface area contributed by atoms with Crippen molar-refractivity contribution in [2.75, 3.05) is 19.7 Å². The summed E-state index contributed by atoms with van der Waals surface area (Å²) in [5, 5.41) is 3.33. The third kappa shape index (κ3) is 5.87. The molecule has 0 aliphatic carbocycles. The second kappa shape index (κ2) is 9.72. The number of rotatable bonds is 9. The molecule has 1 aromatic rings. The molecule has 0 aliphatic heterocycles. The Hall–Kier alpha value is -1.28. The summed E-state index contributed by atoms with van der Waals surface area (Å²) in [6, 6.07) is 8.18. The van der Waals surface area contributed by atoms with Crippen molar-refractivity contribution in [2.24, 2.45) is 0 Å². The second-order valence-electron chi connectivity index (χ2n) is 4.30. The minimum absolute atomic E-state index is 0.806. The molecule has 1 rings (SSSR count). The summed E-state index contributed by atoms with van der Waals surface area (Å²) in [5.74, 6) is 0.988. The predicted octanol–water partition coefficient (Wildman–Crippen LogP) is 3.88. The van der Waals surface area contributed by atoms with Gasteiger partial charge in [0.15, 0.2) is 0 Å². The molecule has 0 spiro atoms. The van der Waals surface area contributed by atoms with Crippen LogP contribution in [0.1, 0.15) is 38.7 Å². The molecule has 0 heterocycles. The van der Waals surface area contributed by atoms with E-state index in [4.69, 9.17) is 4.74 Å². The SMILES string of the molecule is CC=Cc1ccccc1OCCCCCNCC. The van der Waals surface area contributed by atoms with Crippen LogP contribution in [0.15, 0.2) is 30.3 Å². The van der Waals surface area contributed by atoms with Crippen molar-refractivity contribution in [3.05, 3.63) is 35.9 Å². The highest BCUT2D eigenvalue weighted by Gasteiger charge is 1.98. The van der Waals surface area contributed by atoms with E-state index in [0.29, 0.717) is 0 Å². The molecule has 1 N–H and O–H groups in total. The first-order valence-electron chi connectivity index (χ1n) is 6.93. The first-order valence-corrected chi connectivity index (χ1v) is 6.93. The van der Waals surface area contributed by atoms with Gasteiger partial charge < -0.3 is 10.1 Å². The van der Waals surface area contributed by atoms with E-state index in [1.165, 1.54) is 12.8 Å². The molecule has 18 heavy (non-hydrogen) atoms. The van der Waals surface area contributed by atoms with Gasteiger partial charge in [-0.2, -0.15) is 0 Å². The summed E-state index contributed by atoms with van der Waals surface area (Å²) in [6.45, 7) is 7.15. The molecule has 0 saturated carbocycles. The normalized spacial score (nSPS) is 11.0. The maximum Gasteiger partial charge on any atom is 0.126 e. The fraction of sp³-hybridized carbons (Fsp3) is 0.500. The number of para-hydroxylation sites is 1. The van der Waals surface area contributed by atoms with E-state index in [9.17, 15) is 0 Å². The van der Waals surface area contributed by atoms with Crippen LogP contribution in [-0.2, 0) is 0 Å². The largest absolute Gasteiger partial charge is 0.493 e. The summed E-state index contributed by atoms with van der Waals surface area (Å²) in [5.41, 5.74) is 1.16. The van der Waals surface area contributed by atoms with Crippen LogP contribution in [-0.4, -0.2) is 19.7 Å². The fourth-order valence-electron chi connectivity index (χ4n) is 1.82. The van der Waals surface area contributed by atoms with Crippen LogP contribution in [0, 0.1) is 0 Å². The average Bonchev–Trinajstić information content (AvgIpc) is 2.40. The number of benzene rings is 1. The average molecular weight is 247 g/mol. The predicted molar refractivity (Wildman–Crippen MR) is 79.0 cm³/mol. The van der Waals surface area contributed by atoms with Crippen molar-refractivity contribution in [1.82, 2.24) is 5.32 Å². The smallest absolute Gasteiger partial charge is 0.126 e. The minimum atomic E-state index is 0.806. The van der Waals surface area contributed by atoms with Crippen LogP contribution >= 0.6 is 0 Å². The Morgan fingerprint density at radius 2 is 2.00 bits per heavy atom. The van der Waals surface area contributed by atoms with Crippen molar-refractivity contribution in [2.45, 2.75) is 33.1 Å². The van der Waals surface area contributed by atoms with E-state index >= 15 is 0 Å². The molecule has 0 fully saturated rings. The van der Waals surface area contributed by atoms with E-state index in [2.05, 4.69) is 24.4 Å². The fourth-order valence-corrected chi connectivity index (χ4v) is 1.82. The molecule has 0 bridgehead atoms. The van der Waals surface area contributed by atoms with Gasteiger partial charge in [0.05, 0.1) is 6.61 Å². The van der Waals surface area contributed by atoms with Crippen molar-refractivity contribution in [1.29, 1.82) is 0 Å². The van der Waals surface area contributed by atoms with Crippen LogP contribution in [0.3, 0.4) is 0 Å². The number of allylic oxidation sites excluding steroid dienone is 1. The molecular weight excluding hydrogens is 222 g/mol. The van der Waals surface area contributed by atoms with Crippen molar-refractivity contribution >= 4 is 6.08 Å². The second-order valence-corrected chi connectivity index (χ2v) is 4.30. The maximum absolute atomic E-state index is 5.82. The molecule has 0 atom stereocenters. The monoisotopic (exact) mass is 247 g/mol. The Balaban J connectivity index is 2.22. The van der Waals surface area contributed by atoms with Crippen LogP contribution in [0.25, 0.3) is 6.08 Å². The first kappa shape index (κ1) is 14.8. The number of hydrogen-bond donors (Lipinski definition) is 1. The Kier molecular flexibility index (Phi) is 7.98. The molecule has 2 nitrogen and oxygen atoms in total. The van der Waals surface area contributed by atoms with Gasteiger partial charge in [-0.15, -0.1) is 0 Å². The lowest BCUT2D eigenvalue weighted by atomic mass is 10.2. The molecule has 100 valence electrons. The van der Waals surface area contributed by atoms with Crippen molar-refractivity contribution in [3.63, 3.8) is 0 Å². The highest BCUT2D eigenvalue weighted by molar-refractivity contribution is 5.56. The van der Waals surface area contributed by atoms with Crippen LogP contribution in [0.2, 0.25) is 0 Å². The molecule has 0 amide bonds. The van der Waals surface area contributed by atoms with Gasteiger partial charge in [-0.3, -0.25) is 0 Å². The summed E-state index contributed by atoms with van der Waals surface area (Å²) in [6.07, 6.45) is 7.70. The lowest BCUT2D eigenvalue weighted by Gasteiger charge is -2.09. The summed E-state index contributed by atoms with van der Waals surface area (Å²) >= 11 is 0. The molecule has 0 saturated heterocycles. The topological polar surface area (TPSA) is 21.3 Å². The highest BCUT2D eigenvalue weighted by Crippen LogP contribution is 2.19. The van der Waals surface area contributed by atoms with Gasteiger partial charge in [0, 0.05) is 5.56 Å². The minimum Gasteiger partial charge on any atom is -0.493 e. The number of ether oxygens (including phenoxy) is 1. The van der Waals surface area contributed by atoms with Crippen LogP contribution in [0.4, 0.5) is 0 Å². The van der Waals surface area contributed by atoms with Gasteiger partial charge >= 0.3 is 0 Å². The number of nitrogens with one attached hydrogen (secondary N) is 1. The van der Waals surface area contributed by atoms with Crippen molar-refractivity contribution in [3.8, 4) is 5.75 Å². The standard InChI is InChI=1S/C16H25NO/c1-3-10-15-11-6-7-12-16(15)18-14-9-5-8-13-17-4-2/h3,6-7,10-12,17H,4-5,8-9,13-14H2,1-2H3. The highest BCUT2D eigenvalue weighted by atomic mass is 16.5. The maximum atomic E-state index is 5.82. The Labute approximate surface area is 111 Å².